The highest BCUT2D eigenvalue weighted by molar-refractivity contribution is 7.87. The molecule has 72 valence electrons. The predicted octanol–water partition coefficient (Wildman–Crippen LogP) is 0.929. The maximum atomic E-state index is 13.2. The molecule has 0 aromatic heterocycles. The smallest absolute Gasteiger partial charge is 0.295 e. The molecular formula is C6H11FO4S. The molecule has 4 nitrogen and oxygen atoms in total. The molecule has 12 heavy (non-hydrogen) atoms. The minimum atomic E-state index is -4.94. The van der Waals surface area contributed by atoms with Crippen molar-refractivity contribution in [3.05, 3.63) is 0 Å². The van der Waals surface area contributed by atoms with Crippen LogP contribution in [0.3, 0.4) is 0 Å². The number of hydrogen-bond donors (Lipinski definition) is 1. The average molecular weight is 198 g/mol. The second kappa shape index (κ2) is 3.49. The average Bonchev–Trinajstić information content (AvgIpc) is 1.99. The molecule has 0 aliphatic heterocycles. The lowest BCUT2D eigenvalue weighted by Crippen LogP contribution is -2.40. The van der Waals surface area contributed by atoms with Crippen LogP contribution in [0.2, 0.25) is 0 Å². The topological polar surface area (TPSA) is 71.4 Å². The van der Waals surface area contributed by atoms with Crippen LogP contribution >= 0.6 is 0 Å². The Hall–Kier alpha value is -0.490. The molecule has 0 aromatic carbocycles. The van der Waals surface area contributed by atoms with Crippen molar-refractivity contribution in [2.75, 3.05) is 0 Å². The SMILES string of the molecule is CCC(=O)C(F)(CC)S(=O)(=O)O. The first-order chi connectivity index (χ1) is 5.29. The van der Waals surface area contributed by atoms with E-state index in [2.05, 4.69) is 0 Å². The van der Waals surface area contributed by atoms with E-state index in [0.29, 0.717) is 0 Å². The minimum Gasteiger partial charge on any atom is -0.295 e. The van der Waals surface area contributed by atoms with Gasteiger partial charge in [-0.2, -0.15) is 8.42 Å². The Kier molecular flexibility index (Phi) is 3.34. The lowest BCUT2D eigenvalue weighted by molar-refractivity contribution is -0.125. The van der Waals surface area contributed by atoms with E-state index in [9.17, 15) is 17.6 Å². The Balaban J connectivity index is 5.09. The molecule has 0 aliphatic rings. The monoisotopic (exact) mass is 198 g/mol. The van der Waals surface area contributed by atoms with Gasteiger partial charge in [0, 0.05) is 12.8 Å². The van der Waals surface area contributed by atoms with Crippen LogP contribution in [0.15, 0.2) is 0 Å². The van der Waals surface area contributed by atoms with Crippen LogP contribution in [0.1, 0.15) is 26.7 Å². The molecule has 0 rings (SSSR count). The van der Waals surface area contributed by atoms with E-state index in [1.165, 1.54) is 13.8 Å². The van der Waals surface area contributed by atoms with Gasteiger partial charge in [-0.05, 0) is 0 Å². The molecule has 0 fully saturated rings. The number of Topliss-reactive ketones (excluding diaryl/α,β-unsaturated/α-hetero) is 1. The third-order valence-electron chi connectivity index (χ3n) is 1.60. The summed E-state index contributed by atoms with van der Waals surface area (Å²) >= 11 is 0. The van der Waals surface area contributed by atoms with Crippen molar-refractivity contribution in [3.63, 3.8) is 0 Å². The van der Waals surface area contributed by atoms with Gasteiger partial charge in [0.2, 0.25) is 0 Å². The molecule has 0 spiro atoms. The van der Waals surface area contributed by atoms with Gasteiger partial charge in [-0.15, -0.1) is 0 Å². The van der Waals surface area contributed by atoms with Crippen LogP contribution in [0.4, 0.5) is 4.39 Å². The molecule has 0 aromatic rings. The molecule has 1 N–H and O–H groups in total. The number of carbonyl (C=O) groups excluding carboxylic acids is 1. The molecule has 0 amide bonds. The molecule has 0 radical (unpaired) electrons. The van der Waals surface area contributed by atoms with Crippen molar-refractivity contribution in [1.29, 1.82) is 0 Å². The predicted molar refractivity (Wildman–Crippen MR) is 41.0 cm³/mol. The minimum absolute atomic E-state index is 0.260. The molecule has 0 aliphatic carbocycles. The van der Waals surface area contributed by atoms with E-state index >= 15 is 0 Å². The summed E-state index contributed by atoms with van der Waals surface area (Å²) < 4.78 is 42.5. The largest absolute Gasteiger partial charge is 0.307 e. The standard InChI is InChI=1S/C6H11FO4S/c1-3-5(8)6(7,4-2)12(9,10)11/h3-4H2,1-2H3,(H,9,10,11). The second-order valence-electron chi connectivity index (χ2n) is 2.33. The molecule has 1 atom stereocenters. The van der Waals surface area contributed by atoms with Crippen LogP contribution in [-0.4, -0.2) is 23.8 Å². The van der Waals surface area contributed by atoms with Crippen LogP contribution in [0.25, 0.3) is 0 Å². The molecular weight excluding hydrogens is 187 g/mol. The summed E-state index contributed by atoms with van der Waals surface area (Å²) in [5.74, 6) is -1.12. The van der Waals surface area contributed by atoms with E-state index in [1.54, 1.807) is 0 Å². The molecule has 0 saturated heterocycles. The first-order valence-electron chi connectivity index (χ1n) is 3.48. The molecule has 0 bridgehead atoms. The number of alkyl halides is 1. The first-order valence-corrected chi connectivity index (χ1v) is 4.92. The maximum absolute atomic E-state index is 13.2. The summed E-state index contributed by atoms with van der Waals surface area (Å²) in [6, 6.07) is 0. The Morgan fingerprint density at radius 1 is 1.50 bits per heavy atom. The fraction of sp³-hybridized carbons (Fsp3) is 0.833. The third-order valence-corrected chi connectivity index (χ3v) is 2.94. The quantitative estimate of drug-likeness (QED) is 0.682. The van der Waals surface area contributed by atoms with Crippen molar-refractivity contribution < 1.29 is 22.2 Å². The lowest BCUT2D eigenvalue weighted by atomic mass is 10.1. The number of halogens is 1. The molecule has 1 unspecified atom stereocenters. The maximum Gasteiger partial charge on any atom is 0.307 e. The van der Waals surface area contributed by atoms with E-state index in [-0.39, 0.29) is 6.42 Å². The third kappa shape index (κ3) is 1.81. The number of ketones is 1. The zero-order valence-corrected chi connectivity index (χ0v) is 7.69. The fourth-order valence-corrected chi connectivity index (χ4v) is 1.58. The Morgan fingerprint density at radius 2 is 1.92 bits per heavy atom. The van der Waals surface area contributed by atoms with Crippen molar-refractivity contribution in [2.24, 2.45) is 0 Å². The van der Waals surface area contributed by atoms with Gasteiger partial charge in [0.25, 0.3) is 5.00 Å². The van der Waals surface area contributed by atoms with Crippen LogP contribution in [0.5, 0.6) is 0 Å². The van der Waals surface area contributed by atoms with Crippen LogP contribution < -0.4 is 0 Å². The Labute approximate surface area is 70.5 Å². The van der Waals surface area contributed by atoms with E-state index in [1.807, 2.05) is 0 Å². The van der Waals surface area contributed by atoms with Crippen LogP contribution in [0, 0.1) is 0 Å². The molecule has 0 heterocycles. The van der Waals surface area contributed by atoms with Crippen LogP contribution in [-0.2, 0) is 14.9 Å². The van der Waals surface area contributed by atoms with Gasteiger partial charge >= 0.3 is 10.1 Å². The summed E-state index contributed by atoms with van der Waals surface area (Å²) in [4.78, 5) is 10.8. The zero-order valence-electron chi connectivity index (χ0n) is 6.87. The van der Waals surface area contributed by atoms with Gasteiger partial charge in [-0.3, -0.25) is 9.35 Å². The summed E-state index contributed by atoms with van der Waals surface area (Å²) in [6.07, 6.45) is -0.831. The van der Waals surface area contributed by atoms with Crippen molar-refractivity contribution in [2.45, 2.75) is 31.7 Å². The van der Waals surface area contributed by atoms with Gasteiger partial charge in [0.1, 0.15) is 0 Å². The fourth-order valence-electron chi connectivity index (χ4n) is 0.787. The number of rotatable bonds is 4. The Bertz CT molecular complexity index is 271. The number of carbonyl (C=O) groups is 1. The Morgan fingerprint density at radius 3 is 2.00 bits per heavy atom. The van der Waals surface area contributed by atoms with Crippen molar-refractivity contribution in [1.82, 2.24) is 0 Å². The lowest BCUT2D eigenvalue weighted by Gasteiger charge is -2.17. The molecule has 0 saturated carbocycles. The summed E-state index contributed by atoms with van der Waals surface area (Å²) in [7, 11) is -4.94. The highest BCUT2D eigenvalue weighted by Gasteiger charge is 2.47. The van der Waals surface area contributed by atoms with Gasteiger partial charge in [0.15, 0.2) is 5.78 Å². The van der Waals surface area contributed by atoms with Gasteiger partial charge in [0.05, 0.1) is 0 Å². The van der Waals surface area contributed by atoms with E-state index in [0.717, 1.165) is 0 Å². The molecule has 6 heteroatoms. The number of hydrogen-bond acceptors (Lipinski definition) is 3. The first kappa shape index (κ1) is 11.5. The summed E-state index contributed by atoms with van der Waals surface area (Å²) in [6.45, 7) is 2.51. The van der Waals surface area contributed by atoms with E-state index in [4.69, 9.17) is 4.55 Å². The van der Waals surface area contributed by atoms with Crippen molar-refractivity contribution >= 4 is 15.9 Å². The summed E-state index contributed by atoms with van der Waals surface area (Å²) in [5, 5.41) is -3.12. The highest BCUT2D eigenvalue weighted by atomic mass is 32.2. The summed E-state index contributed by atoms with van der Waals surface area (Å²) in [5.41, 5.74) is 0. The van der Waals surface area contributed by atoms with Gasteiger partial charge < -0.3 is 0 Å². The normalized spacial score (nSPS) is 17.0. The second-order valence-corrected chi connectivity index (χ2v) is 3.93. The van der Waals surface area contributed by atoms with Gasteiger partial charge in [-0.1, -0.05) is 13.8 Å². The highest BCUT2D eigenvalue weighted by Crippen LogP contribution is 2.25. The van der Waals surface area contributed by atoms with Gasteiger partial charge in [-0.25, -0.2) is 4.39 Å². The van der Waals surface area contributed by atoms with E-state index < -0.39 is 27.3 Å². The van der Waals surface area contributed by atoms with Crippen molar-refractivity contribution in [3.8, 4) is 0 Å². The zero-order chi connectivity index (χ0) is 9.99.